The van der Waals surface area contributed by atoms with Crippen LogP contribution in [0.5, 0.6) is 0 Å². The van der Waals surface area contributed by atoms with Crippen LogP contribution in [0, 0.1) is 0 Å². The third-order valence-corrected chi connectivity index (χ3v) is 5.38. The minimum Gasteiger partial charge on any atom is -0.347 e. The molecule has 1 aliphatic rings. The second-order valence-electron chi connectivity index (χ2n) is 5.16. The van der Waals surface area contributed by atoms with Crippen LogP contribution in [0.4, 0.5) is 0 Å². The second-order valence-corrected chi connectivity index (χ2v) is 7.73. The second kappa shape index (κ2) is 4.53. The van der Waals surface area contributed by atoms with Crippen molar-refractivity contribution >= 4 is 30.6 Å². The molecule has 0 saturated carbocycles. The molecule has 5 heteroatoms. The maximum absolute atomic E-state index is 11.5. The van der Waals surface area contributed by atoms with Crippen molar-refractivity contribution in [1.29, 1.82) is 0 Å². The van der Waals surface area contributed by atoms with Crippen molar-refractivity contribution in [2.24, 2.45) is 7.05 Å². The van der Waals surface area contributed by atoms with Crippen molar-refractivity contribution in [3.63, 3.8) is 0 Å². The van der Waals surface area contributed by atoms with Crippen LogP contribution in [-0.2, 0) is 28.9 Å². The zero-order valence-electron chi connectivity index (χ0n) is 10.8. The number of rotatable bonds is 1. The molecule has 1 aromatic heterocycles. The Hall–Kier alpha value is -1.00. The molecular formula is C14H16ClNO2S. The highest BCUT2D eigenvalue weighted by Gasteiger charge is 2.19. The number of hydrogen-bond acceptors (Lipinski definition) is 2. The Kier molecular flexibility index (Phi) is 3.10. The summed E-state index contributed by atoms with van der Waals surface area (Å²) in [4.78, 5) is 0.194. The van der Waals surface area contributed by atoms with E-state index in [4.69, 9.17) is 10.7 Å². The molecule has 3 rings (SSSR count). The van der Waals surface area contributed by atoms with E-state index in [1.807, 2.05) is 6.07 Å². The molecule has 19 heavy (non-hydrogen) atoms. The molecule has 102 valence electrons. The first-order valence-corrected chi connectivity index (χ1v) is 8.84. The molecule has 0 spiro atoms. The van der Waals surface area contributed by atoms with Gasteiger partial charge in [0.25, 0.3) is 9.05 Å². The molecule has 0 N–H and O–H groups in total. The Bertz CT molecular complexity index is 746. The fourth-order valence-corrected chi connectivity index (χ4v) is 3.85. The zero-order valence-corrected chi connectivity index (χ0v) is 12.4. The maximum Gasteiger partial charge on any atom is 0.261 e. The molecule has 0 bridgehead atoms. The molecule has 1 aromatic carbocycles. The lowest BCUT2D eigenvalue weighted by molar-refractivity contribution is 0.609. The number of halogens is 1. The number of benzene rings is 1. The number of aromatic nitrogens is 1. The van der Waals surface area contributed by atoms with Gasteiger partial charge in [0.2, 0.25) is 0 Å². The standard InChI is InChI=1S/C14H16ClNO2S/c1-16-13-6-4-2-3-5-11(13)12-9-10(19(15,17)18)7-8-14(12)16/h7-9H,2-6H2,1H3. The van der Waals surface area contributed by atoms with Crippen LogP contribution in [0.1, 0.15) is 30.5 Å². The largest absolute Gasteiger partial charge is 0.347 e. The van der Waals surface area contributed by atoms with E-state index in [1.165, 1.54) is 30.5 Å². The molecular weight excluding hydrogens is 282 g/mol. The van der Waals surface area contributed by atoms with Gasteiger partial charge >= 0.3 is 0 Å². The average Bonchev–Trinajstić information content (AvgIpc) is 2.56. The Morgan fingerprint density at radius 3 is 2.63 bits per heavy atom. The first kappa shape index (κ1) is 13.0. The summed E-state index contributed by atoms with van der Waals surface area (Å²) in [6, 6.07) is 5.17. The molecule has 0 radical (unpaired) electrons. The van der Waals surface area contributed by atoms with Crippen LogP contribution < -0.4 is 0 Å². The lowest BCUT2D eigenvalue weighted by Crippen LogP contribution is -1.97. The molecule has 0 atom stereocenters. The van der Waals surface area contributed by atoms with Gasteiger partial charge in [0.05, 0.1) is 4.90 Å². The molecule has 0 amide bonds. The van der Waals surface area contributed by atoms with E-state index in [0.29, 0.717) is 0 Å². The lowest BCUT2D eigenvalue weighted by Gasteiger charge is -2.03. The molecule has 0 aliphatic heterocycles. The lowest BCUT2D eigenvalue weighted by atomic mass is 10.1. The third-order valence-electron chi connectivity index (χ3n) is 4.03. The highest BCUT2D eigenvalue weighted by Crippen LogP contribution is 2.32. The topological polar surface area (TPSA) is 39.1 Å². The molecule has 1 heterocycles. The van der Waals surface area contributed by atoms with Gasteiger partial charge in [-0.3, -0.25) is 0 Å². The summed E-state index contributed by atoms with van der Waals surface area (Å²) in [5.41, 5.74) is 3.74. The van der Waals surface area contributed by atoms with Crippen LogP contribution >= 0.6 is 10.7 Å². The summed E-state index contributed by atoms with van der Waals surface area (Å²) >= 11 is 0. The van der Waals surface area contributed by atoms with Crippen molar-refractivity contribution in [3.05, 3.63) is 29.5 Å². The summed E-state index contributed by atoms with van der Waals surface area (Å²) in [7, 11) is 3.85. The van der Waals surface area contributed by atoms with E-state index < -0.39 is 9.05 Å². The maximum atomic E-state index is 11.5. The Labute approximate surface area is 117 Å². The molecule has 1 aliphatic carbocycles. The smallest absolute Gasteiger partial charge is 0.261 e. The van der Waals surface area contributed by atoms with Crippen LogP contribution in [0.15, 0.2) is 23.1 Å². The third kappa shape index (κ3) is 2.17. The van der Waals surface area contributed by atoms with Crippen LogP contribution in [0.2, 0.25) is 0 Å². The van der Waals surface area contributed by atoms with Gasteiger partial charge in [0.15, 0.2) is 0 Å². The Morgan fingerprint density at radius 1 is 1.16 bits per heavy atom. The highest BCUT2D eigenvalue weighted by atomic mass is 35.7. The van der Waals surface area contributed by atoms with Crippen molar-refractivity contribution in [2.75, 3.05) is 0 Å². The van der Waals surface area contributed by atoms with E-state index in [2.05, 4.69) is 11.6 Å². The van der Waals surface area contributed by atoms with E-state index in [9.17, 15) is 8.42 Å². The first-order chi connectivity index (χ1) is 8.98. The summed E-state index contributed by atoms with van der Waals surface area (Å²) in [5.74, 6) is 0. The number of fused-ring (bicyclic) bond motifs is 3. The van der Waals surface area contributed by atoms with Gasteiger partial charge in [-0.1, -0.05) is 6.42 Å². The molecule has 0 fully saturated rings. The number of nitrogens with zero attached hydrogens (tertiary/aromatic N) is 1. The van der Waals surface area contributed by atoms with Crippen LogP contribution in [0.3, 0.4) is 0 Å². The number of aryl methyl sites for hydroxylation is 2. The average molecular weight is 298 g/mol. The van der Waals surface area contributed by atoms with E-state index in [0.717, 1.165) is 23.7 Å². The zero-order chi connectivity index (χ0) is 13.6. The van der Waals surface area contributed by atoms with Gasteiger partial charge in [-0.25, -0.2) is 8.42 Å². The van der Waals surface area contributed by atoms with Crippen LogP contribution in [0.25, 0.3) is 10.9 Å². The van der Waals surface area contributed by atoms with Crippen molar-refractivity contribution in [3.8, 4) is 0 Å². The van der Waals surface area contributed by atoms with Gasteiger partial charge in [0.1, 0.15) is 0 Å². The highest BCUT2D eigenvalue weighted by molar-refractivity contribution is 8.13. The van der Waals surface area contributed by atoms with Crippen LogP contribution in [-0.4, -0.2) is 13.0 Å². The first-order valence-electron chi connectivity index (χ1n) is 6.53. The molecule has 0 unspecified atom stereocenters. The van der Waals surface area contributed by atoms with E-state index in [-0.39, 0.29) is 4.90 Å². The normalized spacial score (nSPS) is 16.3. The Balaban J connectivity index is 2.31. The van der Waals surface area contributed by atoms with Gasteiger partial charge in [-0.05, 0) is 49.4 Å². The molecule has 0 saturated heterocycles. The fraction of sp³-hybridized carbons (Fsp3) is 0.429. The summed E-state index contributed by atoms with van der Waals surface area (Å²) in [5, 5.41) is 1.04. The van der Waals surface area contributed by atoms with Gasteiger partial charge in [0, 0.05) is 34.3 Å². The Morgan fingerprint density at radius 2 is 1.89 bits per heavy atom. The van der Waals surface area contributed by atoms with E-state index in [1.54, 1.807) is 12.1 Å². The van der Waals surface area contributed by atoms with E-state index >= 15 is 0 Å². The summed E-state index contributed by atoms with van der Waals surface area (Å²) in [6.45, 7) is 0. The predicted octanol–water partition coefficient (Wildman–Crippen LogP) is 3.37. The van der Waals surface area contributed by atoms with Crippen molar-refractivity contribution < 1.29 is 8.42 Å². The fourth-order valence-electron chi connectivity index (χ4n) is 3.07. The monoisotopic (exact) mass is 297 g/mol. The minimum absolute atomic E-state index is 0.194. The van der Waals surface area contributed by atoms with Crippen molar-refractivity contribution in [1.82, 2.24) is 4.57 Å². The quantitative estimate of drug-likeness (QED) is 0.598. The minimum atomic E-state index is -3.66. The van der Waals surface area contributed by atoms with Gasteiger partial charge < -0.3 is 4.57 Å². The summed E-state index contributed by atoms with van der Waals surface area (Å²) in [6.07, 6.45) is 5.72. The molecule has 2 aromatic rings. The number of hydrogen-bond donors (Lipinski definition) is 0. The SMILES string of the molecule is Cn1c2c(c3cc(S(=O)(=O)Cl)ccc31)CCCCC2. The van der Waals surface area contributed by atoms with Crippen molar-refractivity contribution in [2.45, 2.75) is 37.0 Å². The summed E-state index contributed by atoms with van der Waals surface area (Å²) < 4.78 is 25.2. The predicted molar refractivity (Wildman–Crippen MR) is 77.2 cm³/mol. The van der Waals surface area contributed by atoms with Gasteiger partial charge in [-0.15, -0.1) is 0 Å². The molecule has 3 nitrogen and oxygen atoms in total. The van der Waals surface area contributed by atoms with Gasteiger partial charge in [-0.2, -0.15) is 0 Å².